The Hall–Kier alpha value is -0.920. The van der Waals surface area contributed by atoms with Gasteiger partial charge in [-0.1, -0.05) is 0 Å². The van der Waals surface area contributed by atoms with Gasteiger partial charge in [-0.3, -0.25) is 9.58 Å². The van der Waals surface area contributed by atoms with Crippen LogP contribution in [-0.4, -0.2) is 36.7 Å². The van der Waals surface area contributed by atoms with Crippen molar-refractivity contribution in [3.05, 3.63) is 11.8 Å². The van der Waals surface area contributed by atoms with Crippen LogP contribution in [0.2, 0.25) is 0 Å². The molecule has 0 spiro atoms. The summed E-state index contributed by atoms with van der Waals surface area (Å²) >= 11 is 0. The lowest BCUT2D eigenvalue weighted by Crippen LogP contribution is -2.30. The van der Waals surface area contributed by atoms with Gasteiger partial charge in [-0.05, 0) is 7.05 Å². The van der Waals surface area contributed by atoms with Gasteiger partial charge >= 0.3 is 0 Å². The van der Waals surface area contributed by atoms with Gasteiger partial charge in [0.2, 0.25) is 0 Å². The highest BCUT2D eigenvalue weighted by Crippen LogP contribution is 2.14. The standard InChI is InChI=1S/C7H12N4O2S/c1-10-2-3-11-6(5-10)4-7(9-11)14(8,12)13/h4H,2-3,5H2,1H3,(H2,8,12,13). The number of primary sulfonamides is 1. The third kappa shape index (κ3) is 1.66. The molecule has 0 saturated carbocycles. The number of hydrogen-bond donors (Lipinski definition) is 1. The first-order chi connectivity index (χ1) is 6.47. The van der Waals surface area contributed by atoms with Gasteiger partial charge in [0.15, 0.2) is 5.03 Å². The number of fused-ring (bicyclic) bond motifs is 1. The average molecular weight is 216 g/mol. The van der Waals surface area contributed by atoms with E-state index in [4.69, 9.17) is 5.14 Å². The van der Waals surface area contributed by atoms with Gasteiger partial charge in [0, 0.05) is 19.2 Å². The lowest BCUT2D eigenvalue weighted by molar-refractivity contribution is 0.258. The van der Waals surface area contributed by atoms with Gasteiger partial charge in [0.25, 0.3) is 10.0 Å². The quantitative estimate of drug-likeness (QED) is 0.651. The summed E-state index contributed by atoms with van der Waals surface area (Å²) in [6, 6.07) is 1.53. The average Bonchev–Trinajstić information content (AvgIpc) is 2.45. The van der Waals surface area contributed by atoms with E-state index in [1.165, 1.54) is 6.07 Å². The maximum atomic E-state index is 11.0. The predicted octanol–water partition coefficient (Wildman–Crippen LogP) is -1.02. The highest BCUT2D eigenvalue weighted by Gasteiger charge is 2.20. The minimum absolute atomic E-state index is 0.0391. The molecule has 0 unspecified atom stereocenters. The summed E-state index contributed by atoms with van der Waals surface area (Å²) in [5.41, 5.74) is 0.891. The fraction of sp³-hybridized carbons (Fsp3) is 0.571. The van der Waals surface area contributed by atoms with Crippen molar-refractivity contribution in [1.82, 2.24) is 14.7 Å². The Labute approximate surface area is 82.4 Å². The molecule has 78 valence electrons. The van der Waals surface area contributed by atoms with Crippen molar-refractivity contribution in [1.29, 1.82) is 0 Å². The molecule has 1 aromatic heterocycles. The molecule has 0 saturated heterocycles. The molecule has 6 nitrogen and oxygen atoms in total. The molecular weight excluding hydrogens is 204 g/mol. The van der Waals surface area contributed by atoms with Crippen LogP contribution in [0, 0.1) is 0 Å². The van der Waals surface area contributed by atoms with Crippen LogP contribution >= 0.6 is 0 Å². The van der Waals surface area contributed by atoms with E-state index in [1.807, 2.05) is 7.05 Å². The summed E-state index contributed by atoms with van der Waals surface area (Å²) in [7, 11) is -1.69. The number of likely N-dealkylation sites (N-methyl/N-ethyl adjacent to an activating group) is 1. The molecule has 2 N–H and O–H groups in total. The summed E-state index contributed by atoms with van der Waals surface area (Å²) in [5, 5.41) is 8.88. The summed E-state index contributed by atoms with van der Waals surface area (Å²) in [6.07, 6.45) is 0. The molecule has 0 bridgehead atoms. The number of nitrogens with two attached hydrogens (primary N) is 1. The zero-order valence-electron chi connectivity index (χ0n) is 7.84. The zero-order chi connectivity index (χ0) is 10.3. The topological polar surface area (TPSA) is 81.2 Å². The Morgan fingerprint density at radius 2 is 2.21 bits per heavy atom. The van der Waals surface area contributed by atoms with Crippen LogP contribution in [0.4, 0.5) is 0 Å². The summed E-state index contributed by atoms with van der Waals surface area (Å²) in [5.74, 6) is 0. The molecule has 0 aliphatic carbocycles. The van der Waals surface area contributed by atoms with Crippen molar-refractivity contribution in [2.75, 3.05) is 13.6 Å². The second kappa shape index (κ2) is 3.04. The number of hydrogen-bond acceptors (Lipinski definition) is 4. The molecule has 2 rings (SSSR count). The molecule has 1 aliphatic heterocycles. The lowest BCUT2D eigenvalue weighted by Gasteiger charge is -2.22. The van der Waals surface area contributed by atoms with E-state index in [9.17, 15) is 8.42 Å². The predicted molar refractivity (Wildman–Crippen MR) is 49.9 cm³/mol. The first-order valence-electron chi connectivity index (χ1n) is 4.25. The zero-order valence-corrected chi connectivity index (χ0v) is 8.66. The molecule has 1 aliphatic rings. The van der Waals surface area contributed by atoms with Gasteiger partial charge in [-0.2, -0.15) is 5.10 Å². The summed E-state index contributed by atoms with van der Waals surface area (Å²) in [6.45, 7) is 2.29. The molecular formula is C7H12N4O2S. The van der Waals surface area contributed by atoms with Crippen molar-refractivity contribution in [2.45, 2.75) is 18.1 Å². The Balaban J connectivity index is 2.42. The van der Waals surface area contributed by atoms with E-state index < -0.39 is 10.0 Å². The van der Waals surface area contributed by atoms with Crippen LogP contribution in [-0.2, 0) is 23.1 Å². The Morgan fingerprint density at radius 3 is 2.86 bits per heavy atom. The molecule has 0 aromatic carbocycles. The van der Waals surface area contributed by atoms with Crippen LogP contribution in [0.15, 0.2) is 11.1 Å². The third-order valence-corrected chi connectivity index (χ3v) is 3.04. The Bertz CT molecular complexity index is 450. The molecule has 0 amide bonds. The van der Waals surface area contributed by atoms with E-state index in [0.717, 1.165) is 12.2 Å². The van der Waals surface area contributed by atoms with Crippen molar-refractivity contribution in [3.8, 4) is 0 Å². The number of sulfonamides is 1. The second-order valence-corrected chi connectivity index (χ2v) is 4.99. The maximum absolute atomic E-state index is 11.0. The highest BCUT2D eigenvalue weighted by atomic mass is 32.2. The molecule has 1 aromatic rings. The number of nitrogens with zero attached hydrogens (tertiary/aromatic N) is 3. The van der Waals surface area contributed by atoms with E-state index >= 15 is 0 Å². The number of aromatic nitrogens is 2. The third-order valence-electron chi connectivity index (χ3n) is 2.26. The van der Waals surface area contributed by atoms with Crippen LogP contribution in [0.3, 0.4) is 0 Å². The molecule has 0 fully saturated rings. The summed E-state index contributed by atoms with van der Waals surface area (Å²) < 4.78 is 23.7. The first-order valence-corrected chi connectivity index (χ1v) is 5.79. The SMILES string of the molecule is CN1CCn2nc(S(N)(=O)=O)cc2C1. The molecule has 14 heavy (non-hydrogen) atoms. The normalized spacial score (nSPS) is 18.1. The van der Waals surface area contributed by atoms with Gasteiger partial charge in [-0.15, -0.1) is 0 Å². The monoisotopic (exact) mass is 216 g/mol. The molecule has 7 heteroatoms. The van der Waals surface area contributed by atoms with E-state index in [0.29, 0.717) is 13.1 Å². The van der Waals surface area contributed by atoms with Crippen LogP contribution in [0.1, 0.15) is 5.69 Å². The Kier molecular flexibility index (Phi) is 2.09. The van der Waals surface area contributed by atoms with Crippen molar-refractivity contribution in [3.63, 3.8) is 0 Å². The summed E-state index contributed by atoms with van der Waals surface area (Å²) in [4.78, 5) is 2.10. The van der Waals surface area contributed by atoms with Gasteiger partial charge in [0.1, 0.15) is 0 Å². The highest BCUT2D eigenvalue weighted by molar-refractivity contribution is 7.89. The van der Waals surface area contributed by atoms with Crippen LogP contribution in [0.25, 0.3) is 0 Å². The van der Waals surface area contributed by atoms with Crippen LogP contribution < -0.4 is 5.14 Å². The van der Waals surface area contributed by atoms with Gasteiger partial charge in [-0.25, -0.2) is 13.6 Å². The van der Waals surface area contributed by atoms with Crippen molar-refractivity contribution in [2.24, 2.45) is 5.14 Å². The van der Waals surface area contributed by atoms with E-state index in [2.05, 4.69) is 10.00 Å². The second-order valence-electron chi connectivity index (χ2n) is 3.48. The molecule has 2 heterocycles. The Morgan fingerprint density at radius 1 is 1.50 bits per heavy atom. The van der Waals surface area contributed by atoms with Gasteiger partial charge < -0.3 is 0 Å². The number of rotatable bonds is 1. The largest absolute Gasteiger partial charge is 0.299 e. The maximum Gasteiger partial charge on any atom is 0.257 e. The van der Waals surface area contributed by atoms with Crippen LogP contribution in [0.5, 0.6) is 0 Å². The molecule has 0 radical (unpaired) electrons. The fourth-order valence-electron chi connectivity index (χ4n) is 1.51. The molecule has 0 atom stereocenters. The van der Waals surface area contributed by atoms with E-state index in [1.54, 1.807) is 4.68 Å². The van der Waals surface area contributed by atoms with Crippen molar-refractivity contribution >= 4 is 10.0 Å². The van der Waals surface area contributed by atoms with Crippen molar-refractivity contribution < 1.29 is 8.42 Å². The lowest BCUT2D eigenvalue weighted by atomic mass is 10.3. The van der Waals surface area contributed by atoms with Gasteiger partial charge in [0.05, 0.1) is 12.2 Å². The first kappa shape index (κ1) is 9.63. The van der Waals surface area contributed by atoms with E-state index in [-0.39, 0.29) is 5.03 Å². The minimum atomic E-state index is -3.66. The fourth-order valence-corrected chi connectivity index (χ4v) is 2.02. The minimum Gasteiger partial charge on any atom is -0.299 e. The smallest absolute Gasteiger partial charge is 0.257 e.